The van der Waals surface area contributed by atoms with Gasteiger partial charge in [0.2, 0.25) is 0 Å². The fourth-order valence-electron chi connectivity index (χ4n) is 3.44. The maximum absolute atomic E-state index is 13.3. The highest BCUT2D eigenvalue weighted by Gasteiger charge is 2.14. The summed E-state index contributed by atoms with van der Waals surface area (Å²) in [4.78, 5) is 30.6. The molecule has 6 heteroatoms. The van der Waals surface area contributed by atoms with Gasteiger partial charge in [-0.1, -0.05) is 42.0 Å². The number of aromatic nitrogens is 3. The summed E-state index contributed by atoms with van der Waals surface area (Å²) in [6, 6.07) is 18.8. The molecule has 0 aliphatic rings. The smallest absolute Gasteiger partial charge is 0.332 e. The minimum Gasteiger partial charge on any atom is -0.497 e. The first-order valence-electron chi connectivity index (χ1n) is 9.33. The number of fused-ring (bicyclic) bond motifs is 1. The fraction of sp³-hybridized carbons (Fsp3) is 0.174. The lowest BCUT2D eigenvalue weighted by atomic mass is 10.1. The number of benzene rings is 2. The molecule has 0 N–H and O–H groups in total. The number of hydrogen-bond donors (Lipinski definition) is 0. The number of methoxy groups -OCH3 is 1. The van der Waals surface area contributed by atoms with Crippen molar-refractivity contribution in [1.82, 2.24) is 14.1 Å². The minimum atomic E-state index is -0.387. The standard InChI is InChI=1S/C23H21N3O3/c1-16-5-3-6-18(13-16)15-25-20-7-4-12-24-21(20)22(27)26(23(25)28)14-17-8-10-19(29-2)11-9-17/h3-13H,14-15H2,1-2H3. The van der Waals surface area contributed by atoms with Gasteiger partial charge in [-0.3, -0.25) is 13.9 Å². The summed E-state index contributed by atoms with van der Waals surface area (Å²) in [7, 11) is 1.60. The normalized spacial score (nSPS) is 11.0. The molecule has 0 aliphatic carbocycles. The van der Waals surface area contributed by atoms with E-state index in [1.807, 2.05) is 55.5 Å². The van der Waals surface area contributed by atoms with Crippen LogP contribution in [0.25, 0.3) is 11.0 Å². The topological polar surface area (TPSA) is 66.1 Å². The van der Waals surface area contributed by atoms with Gasteiger partial charge in [-0.2, -0.15) is 0 Å². The molecule has 0 radical (unpaired) electrons. The van der Waals surface area contributed by atoms with Crippen LogP contribution in [0, 0.1) is 6.92 Å². The minimum absolute atomic E-state index is 0.169. The second-order valence-corrected chi connectivity index (χ2v) is 6.97. The Balaban J connectivity index is 1.86. The van der Waals surface area contributed by atoms with E-state index in [1.165, 1.54) is 4.57 Å². The van der Waals surface area contributed by atoms with Crippen molar-refractivity contribution in [3.63, 3.8) is 0 Å². The second kappa shape index (κ2) is 7.75. The molecule has 0 fully saturated rings. The Labute approximate surface area is 167 Å². The number of aryl methyl sites for hydroxylation is 1. The van der Waals surface area contributed by atoms with E-state index in [1.54, 1.807) is 30.0 Å². The SMILES string of the molecule is COc1ccc(Cn2c(=O)c3ncccc3n(Cc3cccc(C)c3)c2=O)cc1. The molecule has 0 aliphatic heterocycles. The zero-order chi connectivity index (χ0) is 20.4. The maximum atomic E-state index is 13.3. The van der Waals surface area contributed by atoms with Crippen molar-refractivity contribution >= 4 is 11.0 Å². The van der Waals surface area contributed by atoms with Crippen LogP contribution in [0.3, 0.4) is 0 Å². The molecule has 2 aromatic carbocycles. The summed E-state index contributed by atoms with van der Waals surface area (Å²) < 4.78 is 8.03. The monoisotopic (exact) mass is 387 g/mol. The Morgan fingerprint density at radius 3 is 2.38 bits per heavy atom. The zero-order valence-corrected chi connectivity index (χ0v) is 16.3. The third kappa shape index (κ3) is 3.69. The molecule has 2 heterocycles. The van der Waals surface area contributed by atoms with Crippen LogP contribution in [0.1, 0.15) is 16.7 Å². The van der Waals surface area contributed by atoms with Gasteiger partial charge in [0.25, 0.3) is 5.56 Å². The van der Waals surface area contributed by atoms with Crippen molar-refractivity contribution in [2.24, 2.45) is 0 Å². The first-order valence-corrected chi connectivity index (χ1v) is 9.33. The molecular weight excluding hydrogens is 366 g/mol. The quantitative estimate of drug-likeness (QED) is 0.528. The number of nitrogens with zero attached hydrogens (tertiary/aromatic N) is 3. The Morgan fingerprint density at radius 1 is 0.897 bits per heavy atom. The molecular formula is C23H21N3O3. The summed E-state index contributed by atoms with van der Waals surface area (Å²) in [5, 5.41) is 0. The number of rotatable bonds is 5. The van der Waals surface area contributed by atoms with Gasteiger partial charge in [-0.15, -0.1) is 0 Å². The van der Waals surface area contributed by atoms with E-state index in [0.717, 1.165) is 22.4 Å². The highest BCUT2D eigenvalue weighted by atomic mass is 16.5. The Morgan fingerprint density at radius 2 is 1.66 bits per heavy atom. The molecule has 0 atom stereocenters. The highest BCUT2D eigenvalue weighted by Crippen LogP contribution is 2.13. The zero-order valence-electron chi connectivity index (χ0n) is 16.3. The van der Waals surface area contributed by atoms with Gasteiger partial charge in [0.05, 0.1) is 25.7 Å². The van der Waals surface area contributed by atoms with E-state index in [-0.39, 0.29) is 23.3 Å². The summed E-state index contributed by atoms with van der Waals surface area (Å²) in [5.74, 6) is 0.720. The molecule has 146 valence electrons. The number of ether oxygens (including phenoxy) is 1. The van der Waals surface area contributed by atoms with E-state index in [0.29, 0.717) is 12.1 Å². The van der Waals surface area contributed by atoms with E-state index < -0.39 is 0 Å². The van der Waals surface area contributed by atoms with E-state index in [9.17, 15) is 9.59 Å². The molecule has 0 unspecified atom stereocenters. The first kappa shape index (κ1) is 18.7. The average molecular weight is 387 g/mol. The number of pyridine rings is 1. The van der Waals surface area contributed by atoms with Crippen LogP contribution in [0.5, 0.6) is 5.75 Å². The summed E-state index contributed by atoms with van der Waals surface area (Å²) in [6.45, 7) is 2.55. The highest BCUT2D eigenvalue weighted by molar-refractivity contribution is 5.73. The summed E-state index contributed by atoms with van der Waals surface area (Å²) >= 11 is 0. The lowest BCUT2D eigenvalue weighted by molar-refractivity contribution is 0.414. The van der Waals surface area contributed by atoms with Gasteiger partial charge in [0.15, 0.2) is 5.52 Å². The molecule has 0 saturated heterocycles. The lowest BCUT2D eigenvalue weighted by Crippen LogP contribution is -2.40. The predicted molar refractivity (Wildman–Crippen MR) is 113 cm³/mol. The van der Waals surface area contributed by atoms with Crippen LogP contribution in [-0.2, 0) is 13.1 Å². The van der Waals surface area contributed by atoms with Gasteiger partial charge >= 0.3 is 5.69 Å². The van der Waals surface area contributed by atoms with Crippen LogP contribution < -0.4 is 16.0 Å². The van der Waals surface area contributed by atoms with E-state index in [2.05, 4.69) is 4.98 Å². The molecule has 0 bridgehead atoms. The molecule has 29 heavy (non-hydrogen) atoms. The van der Waals surface area contributed by atoms with E-state index in [4.69, 9.17) is 4.74 Å². The largest absolute Gasteiger partial charge is 0.497 e. The van der Waals surface area contributed by atoms with Crippen molar-refractivity contribution in [3.8, 4) is 5.75 Å². The van der Waals surface area contributed by atoms with Crippen LogP contribution in [-0.4, -0.2) is 21.2 Å². The molecule has 0 amide bonds. The second-order valence-electron chi connectivity index (χ2n) is 6.97. The molecule has 4 rings (SSSR count). The molecule has 0 saturated carbocycles. The van der Waals surface area contributed by atoms with E-state index >= 15 is 0 Å². The third-order valence-electron chi connectivity index (χ3n) is 4.91. The third-order valence-corrected chi connectivity index (χ3v) is 4.91. The van der Waals surface area contributed by atoms with Crippen molar-refractivity contribution < 1.29 is 4.74 Å². The number of hydrogen-bond acceptors (Lipinski definition) is 4. The van der Waals surface area contributed by atoms with Crippen molar-refractivity contribution in [1.29, 1.82) is 0 Å². The lowest BCUT2D eigenvalue weighted by Gasteiger charge is -2.14. The molecule has 2 aromatic heterocycles. The fourth-order valence-corrected chi connectivity index (χ4v) is 3.44. The van der Waals surface area contributed by atoms with Gasteiger partial charge in [0, 0.05) is 6.20 Å². The van der Waals surface area contributed by atoms with Crippen LogP contribution in [0.4, 0.5) is 0 Å². The van der Waals surface area contributed by atoms with Crippen molar-refractivity contribution in [2.75, 3.05) is 7.11 Å². The molecule has 0 spiro atoms. The van der Waals surface area contributed by atoms with Crippen LogP contribution in [0.15, 0.2) is 76.4 Å². The Hall–Kier alpha value is -3.67. The van der Waals surface area contributed by atoms with Gasteiger partial charge in [0.1, 0.15) is 5.75 Å². The summed E-state index contributed by atoms with van der Waals surface area (Å²) in [6.07, 6.45) is 1.57. The average Bonchev–Trinajstić information content (AvgIpc) is 2.75. The Bertz CT molecular complexity index is 1290. The van der Waals surface area contributed by atoms with Gasteiger partial charge < -0.3 is 4.74 Å². The predicted octanol–water partition coefficient (Wildman–Crippen LogP) is 2.97. The van der Waals surface area contributed by atoms with Crippen molar-refractivity contribution in [2.45, 2.75) is 20.0 Å². The Kier molecular flexibility index (Phi) is 4.99. The van der Waals surface area contributed by atoms with Crippen LogP contribution >= 0.6 is 0 Å². The molecule has 6 nitrogen and oxygen atoms in total. The molecule has 4 aromatic rings. The van der Waals surface area contributed by atoms with Gasteiger partial charge in [-0.05, 0) is 42.3 Å². The van der Waals surface area contributed by atoms with Crippen LogP contribution in [0.2, 0.25) is 0 Å². The first-order chi connectivity index (χ1) is 14.1. The van der Waals surface area contributed by atoms with Gasteiger partial charge in [-0.25, -0.2) is 9.78 Å². The van der Waals surface area contributed by atoms with Crippen molar-refractivity contribution in [3.05, 3.63) is 104 Å². The maximum Gasteiger partial charge on any atom is 0.332 e. The summed E-state index contributed by atoms with van der Waals surface area (Å²) in [5.41, 5.74) is 3.02.